The van der Waals surface area contributed by atoms with Gasteiger partial charge in [0.2, 0.25) is 0 Å². The number of allylic oxidation sites excluding steroid dienone is 2. The highest BCUT2D eigenvalue weighted by Crippen LogP contribution is 2.32. The number of rotatable bonds is 10. The van der Waals surface area contributed by atoms with Crippen molar-refractivity contribution in [1.29, 1.82) is 0 Å². The van der Waals surface area contributed by atoms with E-state index in [0.29, 0.717) is 35.5 Å². The minimum absolute atomic E-state index is 0.00798. The highest BCUT2D eigenvalue weighted by molar-refractivity contribution is 6.17. The van der Waals surface area contributed by atoms with Gasteiger partial charge in [-0.2, -0.15) is 0 Å². The summed E-state index contributed by atoms with van der Waals surface area (Å²) in [7, 11) is 2.89. The summed E-state index contributed by atoms with van der Waals surface area (Å²) in [5.41, 5.74) is 0.168. The molecule has 6 heteroatoms. The van der Waals surface area contributed by atoms with Crippen LogP contribution in [0.5, 0.6) is 23.0 Å². The zero-order valence-electron chi connectivity index (χ0n) is 18.2. The third kappa shape index (κ3) is 5.34. The van der Waals surface area contributed by atoms with E-state index in [2.05, 4.69) is 0 Å². The number of ketones is 2. The molecule has 0 amide bonds. The van der Waals surface area contributed by atoms with Crippen molar-refractivity contribution in [1.82, 2.24) is 0 Å². The maximum absolute atomic E-state index is 13.0. The molecule has 2 rings (SSSR count). The van der Waals surface area contributed by atoms with Crippen LogP contribution in [0.15, 0.2) is 48.6 Å². The molecule has 0 fully saturated rings. The van der Waals surface area contributed by atoms with Crippen LogP contribution in [0.3, 0.4) is 0 Å². The summed E-state index contributed by atoms with van der Waals surface area (Å²) < 4.78 is 10.2. The van der Waals surface area contributed by atoms with Crippen molar-refractivity contribution in [2.45, 2.75) is 26.7 Å². The average Bonchev–Trinajstić information content (AvgIpc) is 2.79. The second-order valence-corrected chi connectivity index (χ2v) is 7.05. The van der Waals surface area contributed by atoms with E-state index in [4.69, 9.17) is 9.47 Å². The first kappa shape index (κ1) is 23.7. The third-order valence-electron chi connectivity index (χ3n) is 5.41. The molecule has 0 aliphatic rings. The number of carbonyl (C=O) groups is 2. The Kier molecular flexibility index (Phi) is 8.02. The topological polar surface area (TPSA) is 93.1 Å². The van der Waals surface area contributed by atoms with Crippen molar-refractivity contribution in [2.24, 2.45) is 5.41 Å². The van der Waals surface area contributed by atoms with Crippen molar-refractivity contribution < 1.29 is 29.3 Å². The zero-order valence-corrected chi connectivity index (χ0v) is 18.2. The molecule has 2 N–H and O–H groups in total. The zero-order chi connectivity index (χ0) is 23.0. The molecule has 0 atom stereocenters. The molecule has 31 heavy (non-hydrogen) atoms. The van der Waals surface area contributed by atoms with Crippen LogP contribution in [0.4, 0.5) is 0 Å². The first-order chi connectivity index (χ1) is 14.8. The Labute approximate surface area is 182 Å². The van der Waals surface area contributed by atoms with Crippen LogP contribution in [0.1, 0.15) is 37.8 Å². The third-order valence-corrected chi connectivity index (χ3v) is 5.41. The molecule has 0 heterocycles. The van der Waals surface area contributed by atoms with Crippen molar-refractivity contribution in [2.75, 3.05) is 14.2 Å². The number of phenols is 2. The molecule has 0 unspecified atom stereocenters. The summed E-state index contributed by atoms with van der Waals surface area (Å²) in [5, 5.41) is 19.4. The Morgan fingerprint density at radius 2 is 1.19 bits per heavy atom. The summed E-state index contributed by atoms with van der Waals surface area (Å²) >= 11 is 0. The van der Waals surface area contributed by atoms with Gasteiger partial charge >= 0.3 is 0 Å². The van der Waals surface area contributed by atoms with Gasteiger partial charge in [0.15, 0.2) is 34.6 Å². The van der Waals surface area contributed by atoms with Gasteiger partial charge < -0.3 is 19.7 Å². The number of ether oxygens (including phenoxy) is 2. The van der Waals surface area contributed by atoms with E-state index in [9.17, 15) is 19.8 Å². The number of phenolic OH excluding ortho intramolecular Hbond substituents is 2. The number of aromatic hydroxyl groups is 2. The molecule has 0 aromatic heterocycles. The molecule has 0 aliphatic carbocycles. The SMILES string of the molecule is CCC(CC)(C(=O)C=Cc1ccc(O)c(OC)c1)C(=O)C=Cc1ccc(O)c(OC)c1. The first-order valence-corrected chi connectivity index (χ1v) is 10.00. The lowest BCUT2D eigenvalue weighted by Gasteiger charge is -2.25. The smallest absolute Gasteiger partial charge is 0.169 e. The standard InChI is InChI=1S/C25H28O6/c1-5-25(6-2,23(28)13-9-17-7-11-19(26)21(15-17)30-3)24(29)14-10-18-8-12-20(27)22(16-18)31-4/h7-16,26-27H,5-6H2,1-4H3. The van der Waals surface area contributed by atoms with Gasteiger partial charge in [0.05, 0.1) is 19.6 Å². The van der Waals surface area contributed by atoms with E-state index in [0.717, 1.165) is 0 Å². The van der Waals surface area contributed by atoms with Crippen molar-refractivity contribution in [3.05, 3.63) is 59.7 Å². The molecular weight excluding hydrogens is 396 g/mol. The van der Waals surface area contributed by atoms with E-state index >= 15 is 0 Å². The van der Waals surface area contributed by atoms with Gasteiger partial charge in [0, 0.05) is 0 Å². The van der Waals surface area contributed by atoms with Crippen LogP contribution >= 0.6 is 0 Å². The Morgan fingerprint density at radius 3 is 1.52 bits per heavy atom. The molecule has 0 saturated carbocycles. The predicted octanol–water partition coefficient (Wildman–Crippen LogP) is 4.79. The minimum atomic E-state index is -1.17. The lowest BCUT2D eigenvalue weighted by atomic mass is 9.74. The van der Waals surface area contributed by atoms with E-state index in [1.165, 1.54) is 38.5 Å². The first-order valence-electron chi connectivity index (χ1n) is 10.00. The lowest BCUT2D eigenvalue weighted by Crippen LogP contribution is -2.36. The van der Waals surface area contributed by atoms with E-state index in [-0.39, 0.29) is 23.1 Å². The molecule has 6 nitrogen and oxygen atoms in total. The van der Waals surface area contributed by atoms with Crippen molar-refractivity contribution in [3.8, 4) is 23.0 Å². The second-order valence-electron chi connectivity index (χ2n) is 7.05. The Morgan fingerprint density at radius 1 is 0.806 bits per heavy atom. The molecule has 0 saturated heterocycles. The number of hydrogen-bond acceptors (Lipinski definition) is 6. The normalized spacial score (nSPS) is 11.7. The maximum atomic E-state index is 13.0. The van der Waals surface area contributed by atoms with Crippen LogP contribution in [-0.4, -0.2) is 36.0 Å². The van der Waals surface area contributed by atoms with Crippen LogP contribution in [0, 0.1) is 5.41 Å². The van der Waals surface area contributed by atoms with Crippen LogP contribution < -0.4 is 9.47 Å². The van der Waals surface area contributed by atoms with Gasteiger partial charge in [-0.25, -0.2) is 0 Å². The molecule has 164 valence electrons. The Bertz CT molecular complexity index is 922. The van der Waals surface area contributed by atoms with E-state index in [1.807, 2.05) is 13.8 Å². The molecule has 0 bridgehead atoms. The lowest BCUT2D eigenvalue weighted by molar-refractivity contribution is -0.135. The van der Waals surface area contributed by atoms with Gasteiger partial charge in [0.1, 0.15) is 0 Å². The summed E-state index contributed by atoms with van der Waals surface area (Å²) in [4.78, 5) is 26.1. The van der Waals surface area contributed by atoms with Crippen LogP contribution in [-0.2, 0) is 9.59 Å². The summed E-state index contributed by atoms with van der Waals surface area (Å²) in [6.45, 7) is 3.63. The van der Waals surface area contributed by atoms with E-state index < -0.39 is 5.41 Å². The number of methoxy groups -OCH3 is 2. The molecule has 0 spiro atoms. The van der Waals surface area contributed by atoms with Gasteiger partial charge in [-0.05, 0) is 60.4 Å². The highest BCUT2D eigenvalue weighted by atomic mass is 16.5. The monoisotopic (exact) mass is 424 g/mol. The minimum Gasteiger partial charge on any atom is -0.504 e. The van der Waals surface area contributed by atoms with Gasteiger partial charge in [-0.3, -0.25) is 9.59 Å². The van der Waals surface area contributed by atoms with E-state index in [1.54, 1.807) is 36.4 Å². The van der Waals surface area contributed by atoms with Gasteiger partial charge in [0.25, 0.3) is 0 Å². The van der Waals surface area contributed by atoms with Crippen molar-refractivity contribution >= 4 is 23.7 Å². The fraction of sp³-hybridized carbons (Fsp3) is 0.280. The fourth-order valence-electron chi connectivity index (χ4n) is 3.33. The maximum Gasteiger partial charge on any atom is 0.169 e. The molecule has 0 radical (unpaired) electrons. The van der Waals surface area contributed by atoms with Gasteiger partial charge in [-0.15, -0.1) is 0 Å². The number of benzene rings is 2. The second kappa shape index (κ2) is 10.5. The Hall–Kier alpha value is -3.54. The largest absolute Gasteiger partial charge is 0.504 e. The summed E-state index contributed by atoms with van der Waals surface area (Å²) in [5.74, 6) is 0.0394. The van der Waals surface area contributed by atoms with Crippen LogP contribution in [0.25, 0.3) is 12.2 Å². The Balaban J connectivity index is 2.27. The molecule has 2 aromatic rings. The van der Waals surface area contributed by atoms with Gasteiger partial charge in [-0.1, -0.05) is 38.1 Å². The molecule has 0 aliphatic heterocycles. The highest BCUT2D eigenvalue weighted by Gasteiger charge is 2.39. The molecular formula is C25H28O6. The summed E-state index contributed by atoms with van der Waals surface area (Å²) in [6, 6.07) is 9.49. The van der Waals surface area contributed by atoms with Crippen molar-refractivity contribution in [3.63, 3.8) is 0 Å². The fourth-order valence-corrected chi connectivity index (χ4v) is 3.33. The predicted molar refractivity (Wildman–Crippen MR) is 120 cm³/mol. The molecule has 2 aromatic carbocycles. The quantitative estimate of drug-likeness (QED) is 0.421. The number of hydrogen-bond donors (Lipinski definition) is 2. The number of carbonyl (C=O) groups excluding carboxylic acids is 2. The van der Waals surface area contributed by atoms with Crippen LogP contribution in [0.2, 0.25) is 0 Å². The average molecular weight is 424 g/mol. The summed E-state index contributed by atoms with van der Waals surface area (Å²) in [6.07, 6.45) is 6.71.